The summed E-state index contributed by atoms with van der Waals surface area (Å²) in [7, 11) is 2.17. The van der Waals surface area contributed by atoms with Crippen LogP contribution in [0.2, 0.25) is 5.02 Å². The molecule has 0 bridgehead atoms. The van der Waals surface area contributed by atoms with Gasteiger partial charge in [0, 0.05) is 5.02 Å². The smallest absolute Gasteiger partial charge is 0.0849 e. The Balaban J connectivity index is 2.50. The van der Waals surface area contributed by atoms with Crippen LogP contribution >= 0.6 is 11.6 Å². The number of benzene rings is 1. The molecule has 1 aromatic rings. The van der Waals surface area contributed by atoms with Crippen molar-refractivity contribution in [2.24, 2.45) is 5.92 Å². The van der Waals surface area contributed by atoms with Crippen LogP contribution in [0.3, 0.4) is 0 Å². The Hall–Kier alpha value is -0.425. The number of aryl methyl sites for hydroxylation is 1. The van der Waals surface area contributed by atoms with Crippen LogP contribution in [0.1, 0.15) is 42.9 Å². The van der Waals surface area contributed by atoms with Gasteiger partial charge in [0.05, 0.1) is 0 Å². The lowest BCUT2D eigenvalue weighted by molar-refractivity contribution is 0.480. The molecule has 1 atom stereocenters. The molecule has 2 rings (SSSR count). The molecule has 0 radical (unpaired) electrons. The third-order valence-electron chi connectivity index (χ3n) is 3.92. The first-order valence-electron chi connectivity index (χ1n) is 6.37. The predicted molar refractivity (Wildman–Crippen MR) is 74.8 cm³/mol. The van der Waals surface area contributed by atoms with Gasteiger partial charge in [0.15, 0.2) is 0 Å². The Labute approximate surface area is 105 Å². The van der Waals surface area contributed by atoms with Crippen LogP contribution < -0.4 is 5.46 Å². The summed E-state index contributed by atoms with van der Waals surface area (Å²) < 4.78 is 0. The summed E-state index contributed by atoms with van der Waals surface area (Å²) in [5.41, 5.74) is 5.82. The van der Waals surface area contributed by atoms with Crippen molar-refractivity contribution in [1.82, 2.24) is 0 Å². The topological polar surface area (TPSA) is 0 Å². The first-order chi connectivity index (χ1) is 7.59. The number of halogens is 1. The standard InChI is InChI=1S/C14H20BCl/c1-9-5-3-4-6-11-12(7-9)10(2)8-13(16)14(11)15/h8-9H,3-7,15H2,1-2H3/t9-/m1/s1. The number of hydrogen-bond acceptors (Lipinski definition) is 0. The monoisotopic (exact) mass is 234 g/mol. The van der Waals surface area contributed by atoms with E-state index in [9.17, 15) is 0 Å². The predicted octanol–water partition coefficient (Wildman–Crippen LogP) is 2.81. The first-order valence-corrected chi connectivity index (χ1v) is 6.75. The molecule has 1 aliphatic rings. The molecule has 1 aliphatic carbocycles. The largest absolute Gasteiger partial charge is 0.141 e. The lowest BCUT2D eigenvalue weighted by Crippen LogP contribution is -2.19. The maximum absolute atomic E-state index is 6.28. The third kappa shape index (κ3) is 2.30. The van der Waals surface area contributed by atoms with Gasteiger partial charge in [-0.2, -0.15) is 0 Å². The van der Waals surface area contributed by atoms with E-state index in [-0.39, 0.29) is 0 Å². The van der Waals surface area contributed by atoms with Crippen molar-refractivity contribution in [3.05, 3.63) is 27.8 Å². The Bertz CT molecular complexity index is 398. The molecule has 0 heterocycles. The average Bonchev–Trinajstić information content (AvgIpc) is 2.20. The van der Waals surface area contributed by atoms with Gasteiger partial charge in [-0.25, -0.2) is 0 Å². The summed E-state index contributed by atoms with van der Waals surface area (Å²) in [5, 5.41) is 0.949. The zero-order chi connectivity index (χ0) is 11.7. The van der Waals surface area contributed by atoms with E-state index in [0.717, 1.165) is 10.9 Å². The Morgan fingerprint density at radius 3 is 2.81 bits per heavy atom. The number of rotatable bonds is 0. The van der Waals surface area contributed by atoms with Crippen LogP contribution in [0.5, 0.6) is 0 Å². The maximum Gasteiger partial charge on any atom is 0.141 e. The van der Waals surface area contributed by atoms with Gasteiger partial charge < -0.3 is 0 Å². The third-order valence-corrected chi connectivity index (χ3v) is 4.31. The Morgan fingerprint density at radius 2 is 2.06 bits per heavy atom. The van der Waals surface area contributed by atoms with Crippen molar-refractivity contribution in [2.75, 3.05) is 0 Å². The molecular formula is C14H20BCl. The quantitative estimate of drug-likeness (QED) is 0.606. The molecule has 2 heteroatoms. The SMILES string of the molecule is Bc1c(Cl)cc(C)c2c1CCCC[C@@H](C)C2. The molecule has 1 aromatic carbocycles. The van der Waals surface area contributed by atoms with Crippen LogP contribution in [-0.2, 0) is 12.8 Å². The van der Waals surface area contributed by atoms with Gasteiger partial charge in [0.2, 0.25) is 0 Å². The molecule has 0 amide bonds. The fourth-order valence-corrected chi connectivity index (χ4v) is 3.14. The molecule has 0 saturated heterocycles. The van der Waals surface area contributed by atoms with E-state index >= 15 is 0 Å². The second kappa shape index (κ2) is 4.83. The van der Waals surface area contributed by atoms with Gasteiger partial charge in [-0.05, 0) is 54.9 Å². The van der Waals surface area contributed by atoms with E-state index in [4.69, 9.17) is 11.6 Å². The molecule has 0 fully saturated rings. The summed E-state index contributed by atoms with van der Waals surface area (Å²) in [5.74, 6) is 0.818. The molecule has 16 heavy (non-hydrogen) atoms. The van der Waals surface area contributed by atoms with Gasteiger partial charge >= 0.3 is 0 Å². The Kier molecular flexibility index (Phi) is 3.64. The zero-order valence-corrected chi connectivity index (χ0v) is 11.3. The fourth-order valence-electron chi connectivity index (χ4n) is 2.86. The number of fused-ring (bicyclic) bond motifs is 1. The van der Waals surface area contributed by atoms with Crippen molar-refractivity contribution < 1.29 is 0 Å². The molecule has 86 valence electrons. The average molecular weight is 235 g/mol. The minimum absolute atomic E-state index is 0.818. The molecule has 0 N–H and O–H groups in total. The first kappa shape index (κ1) is 12.0. The highest BCUT2D eigenvalue weighted by Gasteiger charge is 2.16. The maximum atomic E-state index is 6.28. The van der Waals surface area contributed by atoms with Crippen LogP contribution in [0, 0.1) is 12.8 Å². The summed E-state index contributed by atoms with van der Waals surface area (Å²) in [6.07, 6.45) is 6.51. The lowest BCUT2D eigenvalue weighted by atomic mass is 9.78. The summed E-state index contributed by atoms with van der Waals surface area (Å²) in [6, 6.07) is 2.14. The van der Waals surface area contributed by atoms with E-state index in [2.05, 4.69) is 27.8 Å². The Morgan fingerprint density at radius 1 is 1.31 bits per heavy atom. The summed E-state index contributed by atoms with van der Waals surface area (Å²) in [6.45, 7) is 4.58. The van der Waals surface area contributed by atoms with Crippen LogP contribution in [-0.4, -0.2) is 7.85 Å². The summed E-state index contributed by atoms with van der Waals surface area (Å²) >= 11 is 6.28. The van der Waals surface area contributed by atoms with Gasteiger partial charge in [-0.1, -0.05) is 36.8 Å². The van der Waals surface area contributed by atoms with Crippen LogP contribution in [0.25, 0.3) is 0 Å². The van der Waals surface area contributed by atoms with Crippen molar-refractivity contribution >= 4 is 24.9 Å². The molecule has 0 spiro atoms. The van der Waals surface area contributed by atoms with Gasteiger partial charge in [0.25, 0.3) is 0 Å². The van der Waals surface area contributed by atoms with Crippen LogP contribution in [0.15, 0.2) is 6.07 Å². The van der Waals surface area contributed by atoms with E-state index in [1.165, 1.54) is 48.7 Å². The molecule has 0 aliphatic heterocycles. The molecular weight excluding hydrogens is 214 g/mol. The fraction of sp³-hybridized carbons (Fsp3) is 0.571. The minimum atomic E-state index is 0.818. The highest BCUT2D eigenvalue weighted by Crippen LogP contribution is 2.27. The van der Waals surface area contributed by atoms with Crippen molar-refractivity contribution in [1.29, 1.82) is 0 Å². The molecule has 0 aromatic heterocycles. The lowest BCUT2D eigenvalue weighted by Gasteiger charge is -2.23. The van der Waals surface area contributed by atoms with E-state index in [0.29, 0.717) is 0 Å². The molecule has 0 unspecified atom stereocenters. The molecule has 0 saturated carbocycles. The minimum Gasteiger partial charge on any atom is -0.0849 e. The van der Waals surface area contributed by atoms with Crippen LogP contribution in [0.4, 0.5) is 0 Å². The second-order valence-corrected chi connectivity index (χ2v) is 5.72. The normalized spacial score (nSPS) is 21.1. The zero-order valence-electron chi connectivity index (χ0n) is 10.6. The second-order valence-electron chi connectivity index (χ2n) is 5.31. The van der Waals surface area contributed by atoms with Gasteiger partial charge in [0.1, 0.15) is 7.85 Å². The van der Waals surface area contributed by atoms with Crippen molar-refractivity contribution in [3.63, 3.8) is 0 Å². The number of hydrogen-bond donors (Lipinski definition) is 0. The highest BCUT2D eigenvalue weighted by molar-refractivity contribution is 6.45. The van der Waals surface area contributed by atoms with E-state index in [1.807, 2.05) is 0 Å². The molecule has 0 nitrogen and oxygen atoms in total. The van der Waals surface area contributed by atoms with Gasteiger partial charge in [-0.3, -0.25) is 0 Å². The summed E-state index contributed by atoms with van der Waals surface area (Å²) in [4.78, 5) is 0. The van der Waals surface area contributed by atoms with Gasteiger partial charge in [-0.15, -0.1) is 0 Å². The van der Waals surface area contributed by atoms with Crippen molar-refractivity contribution in [3.8, 4) is 0 Å². The highest BCUT2D eigenvalue weighted by atomic mass is 35.5. The van der Waals surface area contributed by atoms with E-state index < -0.39 is 0 Å². The van der Waals surface area contributed by atoms with Crippen molar-refractivity contribution in [2.45, 2.75) is 46.0 Å². The van der Waals surface area contributed by atoms with E-state index in [1.54, 1.807) is 5.56 Å².